The molecule has 1 amide bonds. The fourth-order valence-electron chi connectivity index (χ4n) is 1.64. The molecule has 0 aromatic carbocycles. The van der Waals surface area contributed by atoms with Crippen molar-refractivity contribution < 1.29 is 17.8 Å². The number of carbonyl (C=O) groups is 1. The molecule has 0 bridgehead atoms. The molecule has 0 saturated carbocycles. The monoisotopic (exact) mass is 306 g/mol. The Morgan fingerprint density at radius 3 is 2.25 bits per heavy atom. The molecule has 0 aliphatic rings. The molecule has 0 aromatic heterocycles. The standard InChI is InChI=1S/C13H26N2O4S/c1-12(2)13(16)14-8-4-5-9-15(3)10-6-7-11-20(17,18)19/h1,4-11H2,2-3H3,(H,14,16)(H,17,18,19). The quantitative estimate of drug-likeness (QED) is 0.338. The van der Waals surface area contributed by atoms with Gasteiger partial charge in [-0.05, 0) is 52.7 Å². The van der Waals surface area contributed by atoms with Gasteiger partial charge in [0.2, 0.25) is 5.91 Å². The van der Waals surface area contributed by atoms with Gasteiger partial charge < -0.3 is 10.2 Å². The summed E-state index contributed by atoms with van der Waals surface area (Å²) < 4.78 is 29.6. The van der Waals surface area contributed by atoms with E-state index in [0.717, 1.165) is 32.4 Å². The van der Waals surface area contributed by atoms with E-state index < -0.39 is 10.1 Å². The maximum Gasteiger partial charge on any atom is 0.264 e. The molecule has 7 heteroatoms. The number of hydrogen-bond donors (Lipinski definition) is 2. The van der Waals surface area contributed by atoms with Crippen molar-refractivity contribution >= 4 is 16.0 Å². The fraction of sp³-hybridized carbons (Fsp3) is 0.769. The van der Waals surface area contributed by atoms with Gasteiger partial charge >= 0.3 is 0 Å². The summed E-state index contributed by atoms with van der Waals surface area (Å²) in [4.78, 5) is 13.3. The van der Waals surface area contributed by atoms with Crippen molar-refractivity contribution in [2.24, 2.45) is 0 Å². The van der Waals surface area contributed by atoms with Crippen LogP contribution < -0.4 is 5.32 Å². The second kappa shape index (κ2) is 9.90. The topological polar surface area (TPSA) is 86.7 Å². The van der Waals surface area contributed by atoms with Gasteiger partial charge in [0.15, 0.2) is 0 Å². The zero-order valence-electron chi connectivity index (χ0n) is 12.4. The van der Waals surface area contributed by atoms with E-state index in [-0.39, 0.29) is 11.7 Å². The van der Waals surface area contributed by atoms with Crippen molar-refractivity contribution in [2.45, 2.75) is 32.6 Å². The van der Waals surface area contributed by atoms with Crippen LogP contribution in [-0.4, -0.2) is 56.2 Å². The van der Waals surface area contributed by atoms with Gasteiger partial charge in [-0.3, -0.25) is 9.35 Å². The number of rotatable bonds is 11. The second-order valence-corrected chi connectivity index (χ2v) is 6.61. The van der Waals surface area contributed by atoms with E-state index in [1.165, 1.54) is 0 Å². The predicted molar refractivity (Wildman–Crippen MR) is 80.2 cm³/mol. The van der Waals surface area contributed by atoms with Crippen LogP contribution >= 0.6 is 0 Å². The molecule has 0 aliphatic carbocycles. The third-order valence-electron chi connectivity index (χ3n) is 2.83. The first-order valence-electron chi connectivity index (χ1n) is 6.80. The molecule has 0 radical (unpaired) electrons. The van der Waals surface area contributed by atoms with Crippen molar-refractivity contribution in [1.29, 1.82) is 0 Å². The Labute approximate surface area is 122 Å². The van der Waals surface area contributed by atoms with Gasteiger partial charge in [0.1, 0.15) is 0 Å². The van der Waals surface area contributed by atoms with E-state index in [4.69, 9.17) is 4.55 Å². The molecule has 0 fully saturated rings. The van der Waals surface area contributed by atoms with Crippen molar-refractivity contribution in [2.75, 3.05) is 32.4 Å². The largest absolute Gasteiger partial charge is 0.352 e. The van der Waals surface area contributed by atoms with E-state index in [2.05, 4.69) is 16.8 Å². The molecule has 0 aromatic rings. The average Bonchev–Trinajstić information content (AvgIpc) is 2.32. The summed E-state index contributed by atoms with van der Waals surface area (Å²) >= 11 is 0. The van der Waals surface area contributed by atoms with E-state index in [1.54, 1.807) is 6.92 Å². The van der Waals surface area contributed by atoms with Crippen molar-refractivity contribution in [1.82, 2.24) is 10.2 Å². The lowest BCUT2D eigenvalue weighted by Crippen LogP contribution is -2.26. The molecule has 0 rings (SSSR count). The van der Waals surface area contributed by atoms with Gasteiger partial charge in [0.25, 0.3) is 10.1 Å². The van der Waals surface area contributed by atoms with E-state index in [1.807, 2.05) is 7.05 Å². The summed E-state index contributed by atoms with van der Waals surface area (Å²) in [7, 11) is -1.86. The summed E-state index contributed by atoms with van der Waals surface area (Å²) in [6.45, 7) is 7.57. The second-order valence-electron chi connectivity index (χ2n) is 5.04. The average molecular weight is 306 g/mol. The van der Waals surface area contributed by atoms with E-state index in [0.29, 0.717) is 18.5 Å². The van der Waals surface area contributed by atoms with Gasteiger partial charge in [-0.15, -0.1) is 0 Å². The summed E-state index contributed by atoms with van der Waals surface area (Å²) in [5.74, 6) is -0.281. The molecule has 0 heterocycles. The van der Waals surface area contributed by atoms with Crippen LogP contribution in [0.4, 0.5) is 0 Å². The van der Waals surface area contributed by atoms with Gasteiger partial charge in [-0.1, -0.05) is 6.58 Å². The Hall–Kier alpha value is -0.920. The number of carbonyl (C=O) groups excluding carboxylic acids is 1. The lowest BCUT2D eigenvalue weighted by Gasteiger charge is -2.16. The Bertz CT molecular complexity index is 407. The zero-order valence-corrected chi connectivity index (χ0v) is 13.2. The molecule has 0 spiro atoms. The van der Waals surface area contributed by atoms with Gasteiger partial charge in [-0.2, -0.15) is 8.42 Å². The predicted octanol–water partition coefficient (Wildman–Crippen LogP) is 1.06. The van der Waals surface area contributed by atoms with Crippen molar-refractivity contribution in [3.63, 3.8) is 0 Å². The van der Waals surface area contributed by atoms with Crippen LogP contribution in [-0.2, 0) is 14.9 Å². The molecule has 118 valence electrons. The minimum absolute atomic E-state index is 0.108. The zero-order chi connectivity index (χ0) is 15.6. The summed E-state index contributed by atoms with van der Waals surface area (Å²) in [6.07, 6.45) is 3.07. The van der Waals surface area contributed by atoms with Crippen LogP contribution in [0.1, 0.15) is 32.6 Å². The van der Waals surface area contributed by atoms with Crippen LogP contribution in [0.25, 0.3) is 0 Å². The minimum Gasteiger partial charge on any atom is -0.352 e. The highest BCUT2D eigenvalue weighted by molar-refractivity contribution is 7.85. The van der Waals surface area contributed by atoms with Gasteiger partial charge in [0.05, 0.1) is 5.75 Å². The normalized spacial score (nSPS) is 11.6. The molecule has 20 heavy (non-hydrogen) atoms. The summed E-state index contributed by atoms with van der Waals surface area (Å²) in [5.41, 5.74) is 0.515. The maximum atomic E-state index is 11.2. The molecule has 0 saturated heterocycles. The van der Waals surface area contributed by atoms with E-state index >= 15 is 0 Å². The molecule has 2 N–H and O–H groups in total. The van der Waals surface area contributed by atoms with Crippen LogP contribution in [0, 0.1) is 0 Å². The number of nitrogens with zero attached hydrogens (tertiary/aromatic N) is 1. The lowest BCUT2D eigenvalue weighted by molar-refractivity contribution is -0.117. The van der Waals surface area contributed by atoms with Crippen molar-refractivity contribution in [3.05, 3.63) is 12.2 Å². The molecular weight excluding hydrogens is 280 g/mol. The Kier molecular flexibility index (Phi) is 9.45. The number of amides is 1. The minimum atomic E-state index is -3.83. The third-order valence-corrected chi connectivity index (χ3v) is 3.64. The number of hydrogen-bond acceptors (Lipinski definition) is 4. The number of unbranched alkanes of at least 4 members (excludes halogenated alkanes) is 2. The smallest absolute Gasteiger partial charge is 0.264 e. The number of nitrogens with one attached hydrogen (secondary N) is 1. The Morgan fingerprint density at radius 2 is 1.75 bits per heavy atom. The van der Waals surface area contributed by atoms with Crippen LogP contribution in [0.5, 0.6) is 0 Å². The Morgan fingerprint density at radius 1 is 1.20 bits per heavy atom. The lowest BCUT2D eigenvalue weighted by atomic mass is 10.2. The fourth-order valence-corrected chi connectivity index (χ4v) is 2.21. The van der Waals surface area contributed by atoms with Gasteiger partial charge in [0, 0.05) is 12.1 Å². The van der Waals surface area contributed by atoms with Crippen molar-refractivity contribution in [3.8, 4) is 0 Å². The van der Waals surface area contributed by atoms with Crippen LogP contribution in [0.2, 0.25) is 0 Å². The molecular formula is C13H26N2O4S. The summed E-state index contributed by atoms with van der Waals surface area (Å²) in [5, 5.41) is 2.77. The molecule has 0 unspecified atom stereocenters. The van der Waals surface area contributed by atoms with E-state index in [9.17, 15) is 13.2 Å². The molecule has 6 nitrogen and oxygen atoms in total. The first kappa shape index (κ1) is 19.1. The molecule has 0 atom stereocenters. The highest BCUT2D eigenvalue weighted by Crippen LogP contribution is 1.98. The third kappa shape index (κ3) is 12.1. The van der Waals surface area contributed by atoms with Gasteiger partial charge in [-0.25, -0.2) is 0 Å². The summed E-state index contributed by atoms with van der Waals surface area (Å²) in [6, 6.07) is 0. The highest BCUT2D eigenvalue weighted by Gasteiger charge is 2.05. The maximum absolute atomic E-state index is 11.2. The highest BCUT2D eigenvalue weighted by atomic mass is 32.2. The van der Waals surface area contributed by atoms with Crippen LogP contribution in [0.3, 0.4) is 0 Å². The van der Waals surface area contributed by atoms with Crippen LogP contribution in [0.15, 0.2) is 12.2 Å². The molecule has 0 aliphatic heterocycles. The first-order valence-corrected chi connectivity index (χ1v) is 8.40. The SMILES string of the molecule is C=C(C)C(=O)NCCCCN(C)CCCCS(=O)(=O)O. The Balaban J connectivity index is 3.48. The first-order chi connectivity index (χ1) is 9.22.